The highest BCUT2D eigenvalue weighted by atomic mass is 35.5. The standard InChI is InChI=1S/C21H11Cl2F3N2O2/c22-16-8-4-7-14(18(16)23)17-10-9-13(30-17)11-15-19(21(24,25)26)27-28(20(15)29)12-5-2-1-3-6-12/h1-11H/b15-11-. The van der Waals surface area contributed by atoms with Crippen molar-refractivity contribution in [2.45, 2.75) is 6.18 Å². The highest BCUT2D eigenvalue weighted by molar-refractivity contribution is 6.43. The van der Waals surface area contributed by atoms with Gasteiger partial charge in [0.25, 0.3) is 5.91 Å². The highest BCUT2D eigenvalue weighted by Gasteiger charge is 2.47. The molecule has 0 atom stereocenters. The van der Waals surface area contributed by atoms with Gasteiger partial charge in [0.2, 0.25) is 0 Å². The van der Waals surface area contributed by atoms with Gasteiger partial charge in [0.1, 0.15) is 11.5 Å². The summed E-state index contributed by atoms with van der Waals surface area (Å²) in [6, 6.07) is 15.7. The second kappa shape index (κ2) is 7.66. The molecule has 0 unspecified atom stereocenters. The summed E-state index contributed by atoms with van der Waals surface area (Å²) >= 11 is 12.2. The van der Waals surface area contributed by atoms with Crippen LogP contribution in [0.5, 0.6) is 0 Å². The van der Waals surface area contributed by atoms with Crippen molar-refractivity contribution in [1.29, 1.82) is 0 Å². The molecule has 4 nitrogen and oxygen atoms in total. The first kappa shape index (κ1) is 20.3. The van der Waals surface area contributed by atoms with Crippen molar-refractivity contribution in [2.75, 3.05) is 5.01 Å². The van der Waals surface area contributed by atoms with Gasteiger partial charge in [-0.05, 0) is 42.5 Å². The summed E-state index contributed by atoms with van der Waals surface area (Å²) in [5, 5.41) is 4.77. The predicted molar refractivity (Wildman–Crippen MR) is 110 cm³/mol. The fourth-order valence-corrected chi connectivity index (χ4v) is 3.30. The molecule has 9 heteroatoms. The quantitative estimate of drug-likeness (QED) is 0.421. The summed E-state index contributed by atoms with van der Waals surface area (Å²) in [5.74, 6) is -0.575. The van der Waals surface area contributed by atoms with E-state index in [-0.39, 0.29) is 16.5 Å². The zero-order chi connectivity index (χ0) is 21.5. The Bertz CT molecular complexity index is 1180. The maximum absolute atomic E-state index is 13.5. The number of halogens is 5. The minimum atomic E-state index is -4.82. The van der Waals surface area contributed by atoms with E-state index in [2.05, 4.69) is 5.10 Å². The number of alkyl halides is 3. The Hall–Kier alpha value is -3.03. The lowest BCUT2D eigenvalue weighted by molar-refractivity contribution is -0.114. The Labute approximate surface area is 178 Å². The monoisotopic (exact) mass is 450 g/mol. The maximum Gasteiger partial charge on any atom is 0.435 e. The normalized spacial score (nSPS) is 15.8. The zero-order valence-electron chi connectivity index (χ0n) is 15.0. The largest absolute Gasteiger partial charge is 0.457 e. The van der Waals surface area contributed by atoms with Crippen LogP contribution in [0.25, 0.3) is 17.4 Å². The predicted octanol–water partition coefficient (Wildman–Crippen LogP) is 6.60. The fraction of sp³-hybridized carbons (Fsp3) is 0.0476. The topological polar surface area (TPSA) is 45.8 Å². The Kier molecular flexibility index (Phi) is 5.17. The van der Waals surface area contributed by atoms with Gasteiger partial charge in [-0.15, -0.1) is 0 Å². The third-order valence-electron chi connectivity index (χ3n) is 4.28. The fourth-order valence-electron chi connectivity index (χ4n) is 2.91. The van der Waals surface area contributed by atoms with Crippen LogP contribution in [0.3, 0.4) is 0 Å². The Morgan fingerprint density at radius 2 is 1.70 bits per heavy atom. The van der Waals surface area contributed by atoms with Crippen LogP contribution in [0.1, 0.15) is 5.76 Å². The average Bonchev–Trinajstić information content (AvgIpc) is 3.30. The molecule has 0 fully saturated rings. The van der Waals surface area contributed by atoms with Gasteiger partial charge in [0.05, 0.1) is 21.3 Å². The highest BCUT2D eigenvalue weighted by Crippen LogP contribution is 2.36. The van der Waals surface area contributed by atoms with Gasteiger partial charge in [-0.25, -0.2) is 0 Å². The molecule has 0 radical (unpaired) electrons. The number of benzene rings is 2. The van der Waals surface area contributed by atoms with Crippen LogP contribution in [0.4, 0.5) is 18.9 Å². The van der Waals surface area contributed by atoms with Gasteiger partial charge in [-0.2, -0.15) is 23.3 Å². The van der Waals surface area contributed by atoms with Crippen LogP contribution in [-0.2, 0) is 4.79 Å². The molecule has 0 aliphatic carbocycles. The SMILES string of the molecule is O=C1/C(=C\c2ccc(-c3cccc(Cl)c3Cl)o2)C(C(F)(F)F)=NN1c1ccccc1. The average molecular weight is 451 g/mol. The van der Waals surface area contributed by atoms with Gasteiger partial charge in [0, 0.05) is 5.56 Å². The number of rotatable bonds is 3. The third kappa shape index (κ3) is 3.74. The molecule has 1 aliphatic heterocycles. The number of amides is 1. The molecule has 1 aromatic heterocycles. The first-order valence-electron chi connectivity index (χ1n) is 8.57. The molecule has 0 saturated carbocycles. The number of carbonyl (C=O) groups excluding carboxylic acids is 1. The lowest BCUT2D eigenvalue weighted by atomic mass is 10.1. The van der Waals surface area contributed by atoms with Crippen LogP contribution in [0.15, 0.2) is 75.8 Å². The van der Waals surface area contributed by atoms with Crippen molar-refractivity contribution >= 4 is 46.6 Å². The number of anilines is 1. The van der Waals surface area contributed by atoms with Crippen molar-refractivity contribution < 1.29 is 22.4 Å². The van der Waals surface area contributed by atoms with E-state index in [0.29, 0.717) is 21.4 Å². The lowest BCUT2D eigenvalue weighted by Crippen LogP contribution is -2.25. The molecule has 2 aromatic carbocycles. The first-order valence-corrected chi connectivity index (χ1v) is 9.33. The van der Waals surface area contributed by atoms with Crippen molar-refractivity contribution in [2.24, 2.45) is 5.10 Å². The molecular formula is C21H11Cl2F3N2O2. The number of furan rings is 1. The number of hydrogen-bond acceptors (Lipinski definition) is 3. The van der Waals surface area contributed by atoms with Gasteiger partial charge < -0.3 is 4.42 Å². The summed E-state index contributed by atoms with van der Waals surface area (Å²) in [6.45, 7) is 0. The van der Waals surface area contributed by atoms with E-state index < -0.39 is 23.4 Å². The van der Waals surface area contributed by atoms with Crippen molar-refractivity contribution in [3.8, 4) is 11.3 Å². The minimum absolute atomic E-state index is 0.0382. The Balaban J connectivity index is 1.74. The van der Waals surface area contributed by atoms with E-state index in [1.54, 1.807) is 36.4 Å². The molecular weight excluding hydrogens is 440 g/mol. The van der Waals surface area contributed by atoms with Crippen LogP contribution in [0.2, 0.25) is 10.0 Å². The molecule has 0 saturated heterocycles. The number of carbonyl (C=O) groups is 1. The number of para-hydroxylation sites is 1. The summed E-state index contributed by atoms with van der Waals surface area (Å²) < 4.78 is 46.2. The number of hydrazone groups is 1. The van der Waals surface area contributed by atoms with E-state index in [4.69, 9.17) is 27.6 Å². The van der Waals surface area contributed by atoms with Gasteiger partial charge in [0.15, 0.2) is 5.71 Å². The molecule has 1 amide bonds. The lowest BCUT2D eigenvalue weighted by Gasteiger charge is -2.10. The van der Waals surface area contributed by atoms with Gasteiger partial charge >= 0.3 is 6.18 Å². The molecule has 30 heavy (non-hydrogen) atoms. The second-order valence-corrected chi connectivity index (χ2v) is 7.05. The number of nitrogens with zero attached hydrogens (tertiary/aromatic N) is 2. The molecule has 3 aromatic rings. The van der Waals surface area contributed by atoms with E-state index in [0.717, 1.165) is 6.08 Å². The van der Waals surface area contributed by atoms with Gasteiger partial charge in [-0.1, -0.05) is 47.5 Å². The minimum Gasteiger partial charge on any atom is -0.457 e. The Morgan fingerprint density at radius 1 is 0.967 bits per heavy atom. The molecule has 152 valence electrons. The zero-order valence-corrected chi connectivity index (χ0v) is 16.5. The van der Waals surface area contributed by atoms with E-state index in [1.165, 1.54) is 24.3 Å². The smallest absolute Gasteiger partial charge is 0.435 e. The van der Waals surface area contributed by atoms with E-state index in [9.17, 15) is 18.0 Å². The van der Waals surface area contributed by atoms with Crippen molar-refractivity contribution in [3.05, 3.63) is 82.0 Å². The van der Waals surface area contributed by atoms with Crippen LogP contribution in [-0.4, -0.2) is 17.8 Å². The van der Waals surface area contributed by atoms with Gasteiger partial charge in [-0.3, -0.25) is 4.79 Å². The molecule has 0 spiro atoms. The maximum atomic E-state index is 13.5. The Morgan fingerprint density at radius 3 is 2.40 bits per heavy atom. The van der Waals surface area contributed by atoms with Crippen molar-refractivity contribution in [1.82, 2.24) is 0 Å². The molecule has 0 N–H and O–H groups in total. The molecule has 1 aliphatic rings. The van der Waals surface area contributed by atoms with Crippen LogP contribution >= 0.6 is 23.2 Å². The van der Waals surface area contributed by atoms with E-state index >= 15 is 0 Å². The van der Waals surface area contributed by atoms with Crippen molar-refractivity contribution in [3.63, 3.8) is 0 Å². The first-order chi connectivity index (χ1) is 14.3. The number of hydrogen-bond donors (Lipinski definition) is 0. The molecule has 2 heterocycles. The summed E-state index contributed by atoms with van der Waals surface area (Å²) in [4.78, 5) is 12.7. The summed E-state index contributed by atoms with van der Waals surface area (Å²) in [5.41, 5.74) is -1.22. The molecule has 0 bridgehead atoms. The summed E-state index contributed by atoms with van der Waals surface area (Å²) in [7, 11) is 0. The van der Waals surface area contributed by atoms with Crippen LogP contribution in [0, 0.1) is 0 Å². The molecule has 4 rings (SSSR count). The van der Waals surface area contributed by atoms with Crippen LogP contribution < -0.4 is 5.01 Å². The second-order valence-electron chi connectivity index (χ2n) is 6.26. The third-order valence-corrected chi connectivity index (χ3v) is 5.10. The van der Waals surface area contributed by atoms with E-state index in [1.807, 2.05) is 0 Å². The summed E-state index contributed by atoms with van der Waals surface area (Å²) in [6.07, 6.45) is -3.81.